The monoisotopic (exact) mass is 322 g/mol. The molecule has 0 aliphatic heterocycles. The van der Waals surface area contributed by atoms with E-state index in [0.29, 0.717) is 11.6 Å². The van der Waals surface area contributed by atoms with E-state index in [1.54, 1.807) is 0 Å². The third kappa shape index (κ3) is 4.68. The van der Waals surface area contributed by atoms with Gasteiger partial charge in [-0.15, -0.1) is 0 Å². The van der Waals surface area contributed by atoms with E-state index in [-0.39, 0.29) is 24.1 Å². The van der Waals surface area contributed by atoms with Crippen LogP contribution in [-0.4, -0.2) is 31.6 Å². The number of anilines is 1. The van der Waals surface area contributed by atoms with Crippen LogP contribution in [0.3, 0.4) is 0 Å². The Morgan fingerprint density at radius 3 is 2.74 bits per heavy atom. The van der Waals surface area contributed by atoms with Crippen LogP contribution in [0.25, 0.3) is 0 Å². The molecule has 1 amide bonds. The van der Waals surface area contributed by atoms with Gasteiger partial charge < -0.3 is 15.4 Å². The summed E-state index contributed by atoms with van der Waals surface area (Å²) in [6.07, 6.45) is 4.51. The number of benzene rings is 1. The van der Waals surface area contributed by atoms with Crippen molar-refractivity contribution in [3.63, 3.8) is 0 Å². The molecule has 1 aliphatic rings. The number of nitrogens with one attached hydrogen (secondary N) is 2. The van der Waals surface area contributed by atoms with Crippen LogP contribution in [0.5, 0.6) is 0 Å². The summed E-state index contributed by atoms with van der Waals surface area (Å²) in [5.41, 5.74) is 0.345. The second-order valence-electron chi connectivity index (χ2n) is 5.98. The minimum atomic E-state index is -0.744. The molecule has 2 unspecified atom stereocenters. The molecule has 1 aromatic carbocycles. The molecule has 1 aliphatic carbocycles. The van der Waals surface area contributed by atoms with Gasteiger partial charge in [0.15, 0.2) is 0 Å². The standard InChI is InChI=1S/C17H23FN2O3/c1-11-5-3-4-6-15(11)20-16(21)10-19-12-7-8-14(18)13(9-12)17(22)23-2/h7-9,11,15,19H,3-6,10H2,1-2H3,(H,20,21). The Kier molecular flexibility index (Phi) is 5.96. The Balaban J connectivity index is 1.90. The topological polar surface area (TPSA) is 67.4 Å². The molecule has 0 aromatic heterocycles. The van der Waals surface area contributed by atoms with Crippen LogP contribution in [0, 0.1) is 11.7 Å². The van der Waals surface area contributed by atoms with Gasteiger partial charge in [-0.1, -0.05) is 19.8 Å². The minimum Gasteiger partial charge on any atom is -0.465 e. The van der Waals surface area contributed by atoms with Crippen LogP contribution < -0.4 is 10.6 Å². The van der Waals surface area contributed by atoms with Crippen LogP contribution in [0.15, 0.2) is 18.2 Å². The molecule has 0 radical (unpaired) electrons. The van der Waals surface area contributed by atoms with E-state index < -0.39 is 11.8 Å². The SMILES string of the molecule is COC(=O)c1cc(NCC(=O)NC2CCCCC2C)ccc1F. The van der Waals surface area contributed by atoms with Crippen molar-refractivity contribution in [2.24, 2.45) is 5.92 Å². The van der Waals surface area contributed by atoms with Gasteiger partial charge in [0.1, 0.15) is 5.82 Å². The number of methoxy groups -OCH3 is 1. The van der Waals surface area contributed by atoms with E-state index in [1.807, 2.05) is 0 Å². The minimum absolute atomic E-state index is 0.0788. The molecule has 5 nitrogen and oxygen atoms in total. The van der Waals surface area contributed by atoms with Crippen molar-refractivity contribution in [3.8, 4) is 0 Å². The maximum absolute atomic E-state index is 13.6. The van der Waals surface area contributed by atoms with E-state index in [2.05, 4.69) is 22.3 Å². The fourth-order valence-corrected chi connectivity index (χ4v) is 2.87. The number of carbonyl (C=O) groups is 2. The molecule has 2 rings (SSSR count). The van der Waals surface area contributed by atoms with Crippen molar-refractivity contribution in [1.29, 1.82) is 0 Å². The smallest absolute Gasteiger partial charge is 0.340 e. The molecule has 0 heterocycles. The van der Waals surface area contributed by atoms with Crippen molar-refractivity contribution in [2.45, 2.75) is 38.6 Å². The lowest BCUT2D eigenvalue weighted by atomic mass is 9.86. The lowest BCUT2D eigenvalue weighted by Gasteiger charge is -2.29. The lowest BCUT2D eigenvalue weighted by Crippen LogP contribution is -2.43. The van der Waals surface area contributed by atoms with E-state index >= 15 is 0 Å². The summed E-state index contributed by atoms with van der Waals surface area (Å²) in [4.78, 5) is 23.5. The van der Waals surface area contributed by atoms with Gasteiger partial charge in [-0.2, -0.15) is 0 Å². The largest absolute Gasteiger partial charge is 0.465 e. The summed E-state index contributed by atoms with van der Waals surface area (Å²) in [5.74, 6) is -1.01. The summed E-state index contributed by atoms with van der Waals surface area (Å²) in [6, 6.07) is 4.22. The Morgan fingerprint density at radius 1 is 1.30 bits per heavy atom. The average Bonchev–Trinajstić information content (AvgIpc) is 2.55. The summed E-state index contributed by atoms with van der Waals surface area (Å²) in [7, 11) is 1.20. The molecule has 2 atom stereocenters. The number of halogens is 1. The molecular formula is C17H23FN2O3. The third-order valence-corrected chi connectivity index (χ3v) is 4.28. The number of carbonyl (C=O) groups excluding carboxylic acids is 2. The van der Waals surface area contributed by atoms with Crippen LogP contribution in [0.2, 0.25) is 0 Å². The molecule has 0 saturated heterocycles. The highest BCUT2D eigenvalue weighted by Gasteiger charge is 2.22. The molecule has 126 valence electrons. The first-order valence-electron chi connectivity index (χ1n) is 7.92. The fraction of sp³-hybridized carbons (Fsp3) is 0.529. The van der Waals surface area contributed by atoms with Crippen LogP contribution >= 0.6 is 0 Å². The van der Waals surface area contributed by atoms with Gasteiger partial charge in [-0.25, -0.2) is 9.18 Å². The summed E-state index contributed by atoms with van der Waals surface area (Å²) in [5, 5.41) is 5.94. The van der Waals surface area contributed by atoms with Gasteiger partial charge >= 0.3 is 5.97 Å². The molecular weight excluding hydrogens is 299 g/mol. The van der Waals surface area contributed by atoms with Crippen molar-refractivity contribution in [3.05, 3.63) is 29.6 Å². The Bertz CT molecular complexity index is 577. The normalized spacial score (nSPS) is 20.7. The lowest BCUT2D eigenvalue weighted by molar-refractivity contribution is -0.120. The predicted molar refractivity (Wildman–Crippen MR) is 85.8 cm³/mol. The van der Waals surface area contributed by atoms with E-state index in [0.717, 1.165) is 19.3 Å². The van der Waals surface area contributed by atoms with Crippen LogP contribution in [-0.2, 0) is 9.53 Å². The van der Waals surface area contributed by atoms with Gasteiger partial charge in [0.2, 0.25) is 5.91 Å². The highest BCUT2D eigenvalue weighted by Crippen LogP contribution is 2.23. The summed E-state index contributed by atoms with van der Waals surface area (Å²) >= 11 is 0. The Morgan fingerprint density at radius 2 is 2.04 bits per heavy atom. The van der Waals surface area contributed by atoms with Gasteiger partial charge in [0.05, 0.1) is 19.2 Å². The van der Waals surface area contributed by atoms with E-state index in [4.69, 9.17) is 0 Å². The first kappa shape index (κ1) is 17.2. The third-order valence-electron chi connectivity index (χ3n) is 4.28. The van der Waals surface area contributed by atoms with Crippen LogP contribution in [0.1, 0.15) is 43.0 Å². The maximum atomic E-state index is 13.6. The van der Waals surface area contributed by atoms with Gasteiger partial charge in [0, 0.05) is 11.7 Å². The van der Waals surface area contributed by atoms with Crippen molar-refractivity contribution in [1.82, 2.24) is 5.32 Å². The predicted octanol–water partition coefficient (Wildman–Crippen LogP) is 2.72. The highest BCUT2D eigenvalue weighted by molar-refractivity contribution is 5.91. The maximum Gasteiger partial charge on any atom is 0.340 e. The average molecular weight is 322 g/mol. The first-order chi connectivity index (χ1) is 11.0. The highest BCUT2D eigenvalue weighted by atomic mass is 19.1. The van der Waals surface area contributed by atoms with Gasteiger partial charge in [-0.3, -0.25) is 4.79 Å². The fourth-order valence-electron chi connectivity index (χ4n) is 2.87. The van der Waals surface area contributed by atoms with E-state index in [9.17, 15) is 14.0 Å². The zero-order chi connectivity index (χ0) is 16.8. The zero-order valence-electron chi connectivity index (χ0n) is 13.5. The van der Waals surface area contributed by atoms with Gasteiger partial charge in [0.25, 0.3) is 0 Å². The number of esters is 1. The second kappa shape index (κ2) is 7.94. The second-order valence-corrected chi connectivity index (χ2v) is 5.98. The van der Waals surface area contributed by atoms with Crippen LogP contribution in [0.4, 0.5) is 10.1 Å². The van der Waals surface area contributed by atoms with Gasteiger partial charge in [-0.05, 0) is 37.0 Å². The quantitative estimate of drug-likeness (QED) is 0.818. The molecule has 23 heavy (non-hydrogen) atoms. The molecule has 1 aromatic rings. The van der Waals surface area contributed by atoms with Crippen molar-refractivity contribution >= 4 is 17.6 Å². The molecule has 6 heteroatoms. The summed E-state index contributed by atoms with van der Waals surface area (Å²) in [6.45, 7) is 2.23. The molecule has 1 fully saturated rings. The van der Waals surface area contributed by atoms with Crippen molar-refractivity contribution in [2.75, 3.05) is 19.0 Å². The molecule has 2 N–H and O–H groups in total. The van der Waals surface area contributed by atoms with Crippen molar-refractivity contribution < 1.29 is 18.7 Å². The number of amides is 1. The number of ether oxygens (including phenoxy) is 1. The molecule has 0 spiro atoms. The number of hydrogen-bond acceptors (Lipinski definition) is 4. The molecule has 1 saturated carbocycles. The first-order valence-corrected chi connectivity index (χ1v) is 7.92. The Hall–Kier alpha value is -2.11. The zero-order valence-corrected chi connectivity index (χ0v) is 13.5. The summed E-state index contributed by atoms with van der Waals surface area (Å²) < 4.78 is 18.1. The number of hydrogen-bond donors (Lipinski definition) is 2. The number of rotatable bonds is 5. The molecule has 0 bridgehead atoms. The van der Waals surface area contributed by atoms with E-state index in [1.165, 1.54) is 31.7 Å². The Labute approximate surface area is 135 Å².